The minimum Gasteiger partial charge on any atom is -0.444 e. The lowest BCUT2D eigenvalue weighted by atomic mass is 9.89. The van der Waals surface area contributed by atoms with Crippen LogP contribution in [0, 0.1) is 5.92 Å². The first-order valence-corrected chi connectivity index (χ1v) is 17.7. The molecule has 3 aromatic carbocycles. The molecule has 0 unspecified atom stereocenters. The summed E-state index contributed by atoms with van der Waals surface area (Å²) < 4.78 is 44.9. The fourth-order valence-electron chi connectivity index (χ4n) is 6.92. The first kappa shape index (κ1) is 36.3. The summed E-state index contributed by atoms with van der Waals surface area (Å²) in [6.07, 6.45) is 6.40. The zero-order valence-electron chi connectivity index (χ0n) is 29.0. The molecular weight excluding hydrogens is 627 g/mol. The van der Waals surface area contributed by atoms with Gasteiger partial charge in [-0.05, 0) is 98.9 Å². The van der Waals surface area contributed by atoms with Gasteiger partial charge in [0.1, 0.15) is 5.60 Å². The molecule has 264 valence electrons. The zero-order chi connectivity index (χ0) is 35.0. The number of rotatable bonds is 9. The maximum Gasteiger partial charge on any atom is 0.416 e. The fraction of sp³-hybridized carbons (Fsp3) is 0.500. The molecular formula is C40H50F3N3O3. The molecule has 0 spiro atoms. The molecule has 0 heterocycles. The van der Waals surface area contributed by atoms with E-state index in [0.29, 0.717) is 31.2 Å². The van der Waals surface area contributed by atoms with Gasteiger partial charge in [-0.3, -0.25) is 0 Å². The van der Waals surface area contributed by atoms with Crippen LogP contribution >= 0.6 is 0 Å². The predicted molar refractivity (Wildman–Crippen MR) is 188 cm³/mol. The Kier molecular flexibility index (Phi) is 11.9. The van der Waals surface area contributed by atoms with Crippen molar-refractivity contribution < 1.29 is 27.5 Å². The quantitative estimate of drug-likeness (QED) is 0.245. The first-order valence-electron chi connectivity index (χ1n) is 17.7. The van der Waals surface area contributed by atoms with E-state index < -0.39 is 17.3 Å². The lowest BCUT2D eigenvalue weighted by molar-refractivity contribution is -0.137. The van der Waals surface area contributed by atoms with Gasteiger partial charge in [-0.1, -0.05) is 87.1 Å². The van der Waals surface area contributed by atoms with E-state index in [-0.39, 0.29) is 18.2 Å². The van der Waals surface area contributed by atoms with Gasteiger partial charge in [-0.2, -0.15) is 13.2 Å². The third-order valence-corrected chi connectivity index (χ3v) is 9.57. The Labute approximate surface area is 289 Å². The zero-order valence-corrected chi connectivity index (χ0v) is 29.0. The van der Waals surface area contributed by atoms with Crippen LogP contribution < -0.4 is 5.32 Å². The van der Waals surface area contributed by atoms with E-state index in [9.17, 15) is 22.8 Å². The molecule has 49 heavy (non-hydrogen) atoms. The van der Waals surface area contributed by atoms with Crippen LogP contribution in [0.25, 0.3) is 11.1 Å². The number of hydrogen-bond donors (Lipinski definition) is 1. The van der Waals surface area contributed by atoms with Crippen molar-refractivity contribution in [1.29, 1.82) is 0 Å². The van der Waals surface area contributed by atoms with Gasteiger partial charge >= 0.3 is 18.3 Å². The molecule has 3 amide bonds. The number of urea groups is 1. The van der Waals surface area contributed by atoms with Crippen LogP contribution in [0.1, 0.15) is 102 Å². The van der Waals surface area contributed by atoms with Crippen molar-refractivity contribution in [1.82, 2.24) is 9.80 Å². The van der Waals surface area contributed by atoms with E-state index in [2.05, 4.69) is 29.6 Å². The Balaban J connectivity index is 1.25. The number of halogens is 3. The van der Waals surface area contributed by atoms with Crippen LogP contribution in [-0.2, 0) is 24.0 Å². The van der Waals surface area contributed by atoms with Gasteiger partial charge in [-0.15, -0.1) is 0 Å². The van der Waals surface area contributed by atoms with Crippen LogP contribution in [0.5, 0.6) is 0 Å². The Morgan fingerprint density at radius 1 is 0.714 bits per heavy atom. The summed E-state index contributed by atoms with van der Waals surface area (Å²) in [6.45, 7) is 7.19. The SMILES string of the molecule is CC(C)(C)OC(=O)N(Cc1ccc(-c2ccc(CN(CC3CCCCC3)C(=O)Nc3ccc(C(F)(F)F)cc3)cc2)cc1)C1CCCCC1. The number of carbonyl (C=O) groups excluding carboxylic acids is 2. The monoisotopic (exact) mass is 677 g/mol. The third-order valence-electron chi connectivity index (χ3n) is 9.57. The molecule has 0 saturated heterocycles. The van der Waals surface area contributed by atoms with Gasteiger partial charge in [0.15, 0.2) is 0 Å². The summed E-state index contributed by atoms with van der Waals surface area (Å²) in [6, 6.07) is 20.9. The number of ether oxygens (including phenoxy) is 1. The number of alkyl halides is 3. The minimum atomic E-state index is -4.43. The highest BCUT2D eigenvalue weighted by Gasteiger charge is 2.31. The van der Waals surface area contributed by atoms with Crippen molar-refractivity contribution >= 4 is 17.8 Å². The van der Waals surface area contributed by atoms with E-state index in [1.807, 2.05) is 49.9 Å². The summed E-state index contributed by atoms with van der Waals surface area (Å²) >= 11 is 0. The van der Waals surface area contributed by atoms with Crippen molar-refractivity contribution in [3.05, 3.63) is 89.5 Å². The van der Waals surface area contributed by atoms with Gasteiger partial charge in [0.25, 0.3) is 0 Å². The normalized spacial score (nSPS) is 16.2. The highest BCUT2D eigenvalue weighted by atomic mass is 19.4. The summed E-state index contributed by atoms with van der Waals surface area (Å²) in [5, 5.41) is 2.81. The van der Waals surface area contributed by atoms with Gasteiger partial charge in [0, 0.05) is 31.4 Å². The summed E-state index contributed by atoms with van der Waals surface area (Å²) in [5.41, 5.74) is 3.15. The number of nitrogens with one attached hydrogen (secondary N) is 1. The first-order chi connectivity index (χ1) is 23.3. The lowest BCUT2D eigenvalue weighted by Gasteiger charge is -2.35. The van der Waals surface area contributed by atoms with Crippen molar-refractivity contribution in [3.63, 3.8) is 0 Å². The van der Waals surface area contributed by atoms with Gasteiger partial charge in [0.05, 0.1) is 5.56 Å². The number of amides is 3. The van der Waals surface area contributed by atoms with Crippen molar-refractivity contribution in [2.24, 2.45) is 5.92 Å². The molecule has 0 bridgehead atoms. The molecule has 6 nitrogen and oxygen atoms in total. The second-order valence-corrected chi connectivity index (χ2v) is 14.7. The van der Waals surface area contributed by atoms with E-state index in [0.717, 1.165) is 85.8 Å². The van der Waals surface area contributed by atoms with Crippen LogP contribution in [-0.4, -0.2) is 40.1 Å². The fourth-order valence-corrected chi connectivity index (χ4v) is 6.92. The van der Waals surface area contributed by atoms with Crippen LogP contribution in [0.15, 0.2) is 72.8 Å². The molecule has 1 N–H and O–H groups in total. The van der Waals surface area contributed by atoms with E-state index in [1.54, 1.807) is 4.90 Å². The van der Waals surface area contributed by atoms with E-state index in [4.69, 9.17) is 4.74 Å². The van der Waals surface area contributed by atoms with Gasteiger partial charge < -0.3 is 19.9 Å². The van der Waals surface area contributed by atoms with E-state index in [1.165, 1.54) is 25.0 Å². The molecule has 2 aliphatic carbocycles. The maximum atomic E-state index is 13.4. The Bertz CT molecular complexity index is 1500. The topological polar surface area (TPSA) is 61.9 Å². The van der Waals surface area contributed by atoms with Crippen molar-refractivity contribution in [2.75, 3.05) is 11.9 Å². The molecule has 0 aromatic heterocycles. The summed E-state index contributed by atoms with van der Waals surface area (Å²) in [5.74, 6) is 0.397. The average molecular weight is 678 g/mol. The minimum absolute atomic E-state index is 0.186. The number of carbonyl (C=O) groups is 2. The standard InChI is InChI=1S/C40H50F3N3O3/c1-39(2,3)49-38(48)46(36-12-8-5-9-13-36)28-31-16-20-33(21-17-31)32-18-14-30(15-19-32)27-45(26-29-10-6-4-7-11-29)37(47)44-35-24-22-34(23-25-35)40(41,42)43/h14-25,29,36H,4-13,26-28H2,1-3H3,(H,44,47). The molecule has 2 saturated carbocycles. The number of anilines is 1. The molecule has 0 atom stereocenters. The van der Waals surface area contributed by atoms with Crippen molar-refractivity contribution in [3.8, 4) is 11.1 Å². The second-order valence-electron chi connectivity index (χ2n) is 14.7. The van der Waals surface area contributed by atoms with Crippen LogP contribution in [0.3, 0.4) is 0 Å². The molecule has 3 aromatic rings. The summed E-state index contributed by atoms with van der Waals surface area (Å²) in [4.78, 5) is 30.3. The van der Waals surface area contributed by atoms with Crippen molar-refractivity contribution in [2.45, 2.75) is 116 Å². The maximum absolute atomic E-state index is 13.4. The number of hydrogen-bond acceptors (Lipinski definition) is 3. The Hall–Kier alpha value is -4.01. The van der Waals surface area contributed by atoms with Crippen LogP contribution in [0.4, 0.5) is 28.4 Å². The molecule has 2 fully saturated rings. The van der Waals surface area contributed by atoms with Crippen LogP contribution in [0.2, 0.25) is 0 Å². The third kappa shape index (κ3) is 10.7. The highest BCUT2D eigenvalue weighted by molar-refractivity contribution is 5.89. The molecule has 0 aliphatic heterocycles. The molecule has 9 heteroatoms. The molecule has 0 radical (unpaired) electrons. The molecule has 2 aliphatic rings. The number of nitrogens with zero attached hydrogens (tertiary/aromatic N) is 2. The van der Waals surface area contributed by atoms with Gasteiger partial charge in [-0.25, -0.2) is 9.59 Å². The lowest BCUT2D eigenvalue weighted by Crippen LogP contribution is -2.43. The average Bonchev–Trinajstić information content (AvgIpc) is 3.07. The second kappa shape index (κ2) is 16.1. The van der Waals surface area contributed by atoms with E-state index >= 15 is 0 Å². The summed E-state index contributed by atoms with van der Waals surface area (Å²) in [7, 11) is 0. The highest BCUT2D eigenvalue weighted by Crippen LogP contribution is 2.31. The predicted octanol–water partition coefficient (Wildman–Crippen LogP) is 11.1. The Morgan fingerprint density at radius 2 is 1.22 bits per heavy atom. The smallest absolute Gasteiger partial charge is 0.416 e. The van der Waals surface area contributed by atoms with Gasteiger partial charge in [0.2, 0.25) is 0 Å². The number of benzene rings is 3. The largest absolute Gasteiger partial charge is 0.444 e. The molecule has 5 rings (SSSR count). The Morgan fingerprint density at radius 3 is 1.73 bits per heavy atom.